The van der Waals surface area contributed by atoms with Crippen molar-refractivity contribution in [3.63, 3.8) is 0 Å². The first-order chi connectivity index (χ1) is 8.56. The van der Waals surface area contributed by atoms with Crippen LogP contribution in [0.2, 0.25) is 5.02 Å². The van der Waals surface area contributed by atoms with Gasteiger partial charge in [-0.05, 0) is 18.2 Å². The molecule has 1 amide bonds. The molecule has 1 aromatic heterocycles. The zero-order valence-corrected chi connectivity index (χ0v) is 11.1. The summed E-state index contributed by atoms with van der Waals surface area (Å²) in [5, 5.41) is 6.70. The van der Waals surface area contributed by atoms with E-state index in [1.54, 1.807) is 25.1 Å². The lowest BCUT2D eigenvalue weighted by molar-refractivity contribution is 0.0949. The van der Waals surface area contributed by atoms with Gasteiger partial charge in [0.15, 0.2) is 5.82 Å². The number of hydrogen-bond donors (Lipinski definition) is 2. The molecule has 0 radical (unpaired) electrons. The highest BCUT2D eigenvalue weighted by Gasteiger charge is 2.11. The van der Waals surface area contributed by atoms with E-state index < -0.39 is 0 Å². The summed E-state index contributed by atoms with van der Waals surface area (Å²) in [5.74, 6) is 0.562. The van der Waals surface area contributed by atoms with Crippen LogP contribution in [-0.2, 0) is 6.54 Å². The molecule has 1 aromatic carbocycles. The molecule has 0 aliphatic heterocycles. The Morgan fingerprint density at radius 1 is 1.56 bits per heavy atom. The number of aryl methyl sites for hydroxylation is 1. The van der Waals surface area contributed by atoms with Crippen molar-refractivity contribution < 1.29 is 9.32 Å². The van der Waals surface area contributed by atoms with Gasteiger partial charge in [-0.15, -0.1) is 12.6 Å². The quantitative estimate of drug-likeness (QED) is 0.848. The van der Waals surface area contributed by atoms with E-state index >= 15 is 0 Å². The minimum absolute atomic E-state index is 0.184. The van der Waals surface area contributed by atoms with Crippen LogP contribution in [0.25, 0.3) is 0 Å². The Kier molecular flexibility index (Phi) is 3.88. The summed E-state index contributed by atoms with van der Waals surface area (Å²) < 4.78 is 4.79. The second-order valence-electron chi connectivity index (χ2n) is 3.58. The molecule has 0 aliphatic rings. The maximum atomic E-state index is 11.9. The number of carbonyl (C=O) groups excluding carboxylic acids is 1. The van der Waals surface area contributed by atoms with E-state index in [4.69, 9.17) is 16.1 Å². The predicted octanol–water partition coefficient (Wildman–Crippen LogP) is 2.25. The molecule has 1 N–H and O–H groups in total. The summed E-state index contributed by atoms with van der Waals surface area (Å²) in [4.78, 5) is 16.5. The van der Waals surface area contributed by atoms with Gasteiger partial charge in [0.05, 0.1) is 17.1 Å². The molecule has 0 saturated heterocycles. The number of nitrogens with zero attached hydrogens (tertiary/aromatic N) is 2. The van der Waals surface area contributed by atoms with Crippen LogP contribution in [0.3, 0.4) is 0 Å². The summed E-state index contributed by atoms with van der Waals surface area (Å²) in [5.41, 5.74) is 0.365. The van der Waals surface area contributed by atoms with Crippen LogP contribution >= 0.6 is 24.2 Å². The first-order valence-electron chi connectivity index (χ1n) is 5.12. The molecular weight excluding hydrogens is 274 g/mol. The molecule has 5 nitrogen and oxygen atoms in total. The van der Waals surface area contributed by atoms with Crippen LogP contribution in [0.15, 0.2) is 27.6 Å². The molecule has 2 rings (SSSR count). The maximum absolute atomic E-state index is 11.9. The number of benzene rings is 1. The van der Waals surface area contributed by atoms with E-state index in [0.29, 0.717) is 27.2 Å². The Labute approximate surface area is 114 Å². The number of amides is 1. The maximum Gasteiger partial charge on any atom is 0.253 e. The van der Waals surface area contributed by atoms with Gasteiger partial charge in [0, 0.05) is 11.8 Å². The van der Waals surface area contributed by atoms with E-state index in [2.05, 4.69) is 28.1 Å². The predicted molar refractivity (Wildman–Crippen MR) is 68.9 cm³/mol. The van der Waals surface area contributed by atoms with Gasteiger partial charge < -0.3 is 9.84 Å². The van der Waals surface area contributed by atoms with E-state index in [1.165, 1.54) is 0 Å². The van der Waals surface area contributed by atoms with Crippen LogP contribution in [0, 0.1) is 6.92 Å². The number of carbonyl (C=O) groups is 1. The average molecular weight is 284 g/mol. The van der Waals surface area contributed by atoms with E-state index in [-0.39, 0.29) is 12.5 Å². The Bertz CT molecular complexity index is 585. The first-order valence-corrected chi connectivity index (χ1v) is 5.94. The second-order valence-corrected chi connectivity index (χ2v) is 4.50. The molecule has 94 valence electrons. The molecule has 0 fully saturated rings. The van der Waals surface area contributed by atoms with Crippen molar-refractivity contribution in [2.75, 3.05) is 0 Å². The van der Waals surface area contributed by atoms with Gasteiger partial charge in [-0.2, -0.15) is 4.98 Å². The number of thiol groups is 1. The van der Waals surface area contributed by atoms with Crippen molar-refractivity contribution in [2.45, 2.75) is 18.4 Å². The van der Waals surface area contributed by atoms with E-state index in [0.717, 1.165) is 0 Å². The van der Waals surface area contributed by atoms with Crippen molar-refractivity contribution in [1.82, 2.24) is 15.5 Å². The molecule has 1 heterocycles. The Morgan fingerprint density at radius 2 is 2.33 bits per heavy atom. The number of aromatic nitrogens is 2. The van der Waals surface area contributed by atoms with E-state index in [1.807, 2.05) is 0 Å². The Hall–Kier alpha value is -1.53. The van der Waals surface area contributed by atoms with Gasteiger partial charge in [-0.25, -0.2) is 0 Å². The lowest BCUT2D eigenvalue weighted by Crippen LogP contribution is -2.23. The second kappa shape index (κ2) is 5.41. The lowest BCUT2D eigenvalue weighted by Gasteiger charge is -2.05. The van der Waals surface area contributed by atoms with Crippen molar-refractivity contribution in [3.8, 4) is 0 Å². The van der Waals surface area contributed by atoms with Crippen molar-refractivity contribution >= 4 is 30.1 Å². The van der Waals surface area contributed by atoms with Gasteiger partial charge in [-0.3, -0.25) is 4.79 Å². The molecule has 0 unspecified atom stereocenters. The summed E-state index contributed by atoms with van der Waals surface area (Å²) in [6.45, 7) is 1.86. The van der Waals surface area contributed by atoms with Gasteiger partial charge in [0.1, 0.15) is 0 Å². The third-order valence-electron chi connectivity index (χ3n) is 2.17. The van der Waals surface area contributed by atoms with Gasteiger partial charge >= 0.3 is 0 Å². The molecule has 0 aliphatic carbocycles. The molecule has 18 heavy (non-hydrogen) atoms. The summed E-state index contributed by atoms with van der Waals surface area (Å²) >= 11 is 10.1. The fraction of sp³-hybridized carbons (Fsp3) is 0.182. The molecule has 0 saturated carbocycles. The molecule has 2 aromatic rings. The van der Waals surface area contributed by atoms with Crippen molar-refractivity contribution in [3.05, 3.63) is 40.5 Å². The number of halogens is 1. The summed E-state index contributed by atoms with van der Waals surface area (Å²) in [7, 11) is 0. The number of hydrogen-bond acceptors (Lipinski definition) is 5. The molecule has 0 atom stereocenters. The fourth-order valence-electron chi connectivity index (χ4n) is 1.35. The van der Waals surface area contributed by atoms with Crippen LogP contribution in [0.4, 0.5) is 0 Å². The van der Waals surface area contributed by atoms with Crippen LogP contribution in [0.1, 0.15) is 22.1 Å². The fourth-order valence-corrected chi connectivity index (χ4v) is 1.76. The van der Waals surface area contributed by atoms with Gasteiger partial charge in [-0.1, -0.05) is 16.8 Å². The summed E-state index contributed by atoms with van der Waals surface area (Å²) in [6, 6.07) is 4.93. The SMILES string of the molecule is Cc1nc(CNC(=O)c2cc(S)ccc2Cl)no1. The minimum Gasteiger partial charge on any atom is -0.345 e. The van der Waals surface area contributed by atoms with Gasteiger partial charge in [0.25, 0.3) is 5.91 Å². The van der Waals surface area contributed by atoms with Crippen molar-refractivity contribution in [1.29, 1.82) is 0 Å². The zero-order valence-electron chi connectivity index (χ0n) is 9.48. The first kappa shape index (κ1) is 12.9. The summed E-state index contributed by atoms with van der Waals surface area (Å²) in [6.07, 6.45) is 0. The molecule has 0 spiro atoms. The van der Waals surface area contributed by atoms with Crippen LogP contribution in [0.5, 0.6) is 0 Å². The number of rotatable bonds is 3. The van der Waals surface area contributed by atoms with E-state index in [9.17, 15) is 4.79 Å². The highest BCUT2D eigenvalue weighted by atomic mass is 35.5. The minimum atomic E-state index is -0.307. The van der Waals surface area contributed by atoms with Gasteiger partial charge in [0.2, 0.25) is 5.89 Å². The largest absolute Gasteiger partial charge is 0.345 e. The lowest BCUT2D eigenvalue weighted by atomic mass is 10.2. The third kappa shape index (κ3) is 3.02. The Morgan fingerprint density at radius 3 is 3.00 bits per heavy atom. The monoisotopic (exact) mass is 283 g/mol. The number of nitrogens with one attached hydrogen (secondary N) is 1. The smallest absolute Gasteiger partial charge is 0.253 e. The Balaban J connectivity index is 2.05. The van der Waals surface area contributed by atoms with Crippen LogP contribution in [-0.4, -0.2) is 16.0 Å². The van der Waals surface area contributed by atoms with Crippen molar-refractivity contribution in [2.24, 2.45) is 0 Å². The zero-order chi connectivity index (χ0) is 13.1. The standard InChI is InChI=1S/C11H10ClN3O2S/c1-6-14-10(15-17-6)5-13-11(16)8-4-7(18)2-3-9(8)12/h2-4,18H,5H2,1H3,(H,13,16). The third-order valence-corrected chi connectivity index (χ3v) is 2.78. The molecule has 7 heteroatoms. The highest BCUT2D eigenvalue weighted by molar-refractivity contribution is 7.80. The molecule has 0 bridgehead atoms. The van der Waals surface area contributed by atoms with Crippen LogP contribution < -0.4 is 5.32 Å². The average Bonchev–Trinajstić information content (AvgIpc) is 2.75. The normalized spacial score (nSPS) is 10.4. The highest BCUT2D eigenvalue weighted by Crippen LogP contribution is 2.19. The molecular formula is C11H10ClN3O2S. The topological polar surface area (TPSA) is 68.0 Å².